The third-order valence-electron chi connectivity index (χ3n) is 10.6. The van der Waals surface area contributed by atoms with Crippen LogP contribution in [0, 0.1) is 11.8 Å². The predicted molar refractivity (Wildman–Crippen MR) is 313 cm³/mol. The van der Waals surface area contributed by atoms with E-state index in [1.54, 1.807) is 194 Å². The second kappa shape index (κ2) is 32.4. The molecule has 24 heteroatoms. The molecule has 0 aliphatic carbocycles. The van der Waals surface area contributed by atoms with Gasteiger partial charge in [-0.15, -0.1) is 0 Å². The number of ether oxygens (including phenoxy) is 6. The van der Waals surface area contributed by atoms with E-state index in [2.05, 4.69) is 31.0 Å². The normalized spacial score (nSPS) is 13.4. The topological polar surface area (TPSA) is 283 Å². The van der Waals surface area contributed by atoms with Crippen LogP contribution in [0.5, 0.6) is 11.5 Å². The van der Waals surface area contributed by atoms with Gasteiger partial charge < -0.3 is 39.1 Å². The highest BCUT2D eigenvalue weighted by Crippen LogP contribution is 2.42. The summed E-state index contributed by atoms with van der Waals surface area (Å²) in [6, 6.07) is 26.6. The van der Waals surface area contributed by atoms with Crippen LogP contribution >= 0.6 is 15.3 Å². The first-order chi connectivity index (χ1) is 38.2. The Kier molecular flexibility index (Phi) is 27.6. The molecule has 4 rings (SSSR count). The lowest BCUT2D eigenvalue weighted by atomic mass is 10.1. The van der Waals surface area contributed by atoms with Crippen molar-refractivity contribution in [2.45, 2.75) is 158 Å². The molecule has 0 saturated heterocycles. The van der Waals surface area contributed by atoms with E-state index in [-0.39, 0.29) is 46.7 Å². The molecular formula is C58H84N6O16P2. The summed E-state index contributed by atoms with van der Waals surface area (Å²) in [6.45, 7) is 25.9. The Balaban J connectivity index is 0.000000435. The van der Waals surface area contributed by atoms with Crippen molar-refractivity contribution in [2.75, 3.05) is 24.2 Å². The average molecular weight is 1180 g/mol. The number of para-hydroxylation sites is 4. The largest absolute Gasteiger partial charge is 0.466 e. The molecule has 0 radical (unpaired) electrons. The maximum atomic E-state index is 14.4. The van der Waals surface area contributed by atoms with E-state index in [4.69, 9.17) is 37.5 Å². The Bertz CT molecular complexity index is 2730. The molecule has 82 heavy (non-hydrogen) atoms. The van der Waals surface area contributed by atoms with Crippen molar-refractivity contribution in [1.82, 2.24) is 20.3 Å². The molecule has 4 atom stereocenters. The molecule has 0 aliphatic rings. The van der Waals surface area contributed by atoms with Gasteiger partial charge in [-0.25, -0.2) is 20.3 Å². The minimum Gasteiger partial charge on any atom is -0.466 e. The number of anilines is 2. The zero-order valence-corrected chi connectivity index (χ0v) is 51.6. The molecule has 452 valence electrons. The van der Waals surface area contributed by atoms with Gasteiger partial charge in [0.05, 0.1) is 23.3 Å². The van der Waals surface area contributed by atoms with E-state index < -0.39 is 100.0 Å². The van der Waals surface area contributed by atoms with Crippen LogP contribution in [0.2, 0.25) is 0 Å². The van der Waals surface area contributed by atoms with Gasteiger partial charge >= 0.3 is 39.2 Å². The van der Waals surface area contributed by atoms with Gasteiger partial charge in [-0.1, -0.05) is 88.4 Å². The number of carbonyl (C=O) groups excluding carboxylic acids is 6. The summed E-state index contributed by atoms with van der Waals surface area (Å²) >= 11 is 0. The average Bonchev–Trinajstić information content (AvgIpc) is 3.37. The highest BCUT2D eigenvalue weighted by molar-refractivity contribution is 7.55. The quantitative estimate of drug-likeness (QED) is 0.0133. The van der Waals surface area contributed by atoms with Gasteiger partial charge in [-0.3, -0.25) is 46.9 Å². The number of hydrogen-bond donors (Lipinski definition) is 6. The third-order valence-corrected chi connectivity index (χ3v) is 14.3. The van der Waals surface area contributed by atoms with Gasteiger partial charge in [-0.05, 0) is 143 Å². The fourth-order valence-corrected chi connectivity index (χ4v) is 10.5. The van der Waals surface area contributed by atoms with Gasteiger partial charge in [-0.2, -0.15) is 0 Å². The number of nitrogens with one attached hydrogen (secondary N) is 6. The van der Waals surface area contributed by atoms with E-state index in [1.807, 2.05) is 12.1 Å². The summed E-state index contributed by atoms with van der Waals surface area (Å²) in [6.07, 6.45) is -0.774. The number of esters is 4. The Hall–Kier alpha value is -6.48. The SMILES string of the molecule is CC(C)OC(=O)[C@H](C)NP(=O)(N[C@@H](C)C(=O)OC(C)C)OCOc1ccccc1C(=O)Nc1ccccc1.CC(C)[C@H](NP(=O)(N[C@H](C(=O)OC(C)(C)C)C(C)C)OCOc1ccccc1C(=O)Nc1ccccc1)C(=O)OC(C)(C)C. The minimum absolute atomic E-state index is 0.173. The maximum absolute atomic E-state index is 14.4. The Morgan fingerprint density at radius 1 is 0.427 bits per heavy atom. The molecule has 0 saturated carbocycles. The fourth-order valence-electron chi connectivity index (χ4n) is 6.88. The molecule has 2 amide bonds. The van der Waals surface area contributed by atoms with E-state index in [0.717, 1.165) is 0 Å². The van der Waals surface area contributed by atoms with Crippen LogP contribution in [0.1, 0.15) is 131 Å². The molecule has 4 aromatic carbocycles. The van der Waals surface area contributed by atoms with Crippen LogP contribution in [0.25, 0.3) is 0 Å². The summed E-state index contributed by atoms with van der Waals surface area (Å²) in [5, 5.41) is 16.3. The minimum atomic E-state index is -4.24. The van der Waals surface area contributed by atoms with Crippen molar-refractivity contribution in [2.24, 2.45) is 11.8 Å². The molecule has 0 heterocycles. The van der Waals surface area contributed by atoms with Crippen LogP contribution in [-0.2, 0) is 56.3 Å². The third kappa shape index (κ3) is 25.3. The first-order valence-electron chi connectivity index (χ1n) is 26.8. The van der Waals surface area contributed by atoms with E-state index >= 15 is 0 Å². The molecule has 0 aliphatic heterocycles. The summed E-state index contributed by atoms with van der Waals surface area (Å²) in [7, 11) is -8.32. The Labute approximate surface area is 482 Å². The summed E-state index contributed by atoms with van der Waals surface area (Å²) in [5.41, 5.74) is 0.0516. The fraction of sp³-hybridized carbons (Fsp3) is 0.483. The van der Waals surface area contributed by atoms with Gasteiger partial charge in [0.25, 0.3) is 11.8 Å². The second-order valence-corrected chi connectivity index (χ2v) is 25.7. The van der Waals surface area contributed by atoms with Crippen molar-refractivity contribution in [3.63, 3.8) is 0 Å². The van der Waals surface area contributed by atoms with Crippen LogP contribution in [0.15, 0.2) is 109 Å². The van der Waals surface area contributed by atoms with Gasteiger partial charge in [0.1, 0.15) is 46.9 Å². The Morgan fingerprint density at radius 3 is 1.04 bits per heavy atom. The van der Waals surface area contributed by atoms with Crippen LogP contribution < -0.4 is 40.5 Å². The number of carbonyl (C=O) groups is 6. The van der Waals surface area contributed by atoms with Crippen molar-refractivity contribution < 1.29 is 75.4 Å². The van der Waals surface area contributed by atoms with Crippen molar-refractivity contribution in [3.05, 3.63) is 120 Å². The van der Waals surface area contributed by atoms with Gasteiger partial charge in [0.2, 0.25) is 0 Å². The van der Waals surface area contributed by atoms with Crippen LogP contribution in [0.3, 0.4) is 0 Å². The molecule has 6 N–H and O–H groups in total. The molecule has 22 nitrogen and oxygen atoms in total. The van der Waals surface area contributed by atoms with Crippen LogP contribution in [-0.4, -0.2) is 96.9 Å². The highest BCUT2D eigenvalue weighted by Gasteiger charge is 2.41. The van der Waals surface area contributed by atoms with E-state index in [0.29, 0.717) is 11.4 Å². The van der Waals surface area contributed by atoms with Gasteiger partial charge in [0.15, 0.2) is 13.6 Å². The molecule has 0 fully saturated rings. The number of hydrogen-bond acceptors (Lipinski definition) is 16. The first kappa shape index (κ1) is 69.8. The molecule has 0 bridgehead atoms. The predicted octanol–water partition coefficient (Wildman–Crippen LogP) is 10.6. The lowest BCUT2D eigenvalue weighted by Gasteiger charge is -2.33. The lowest BCUT2D eigenvalue weighted by Crippen LogP contribution is -2.49. The van der Waals surface area contributed by atoms with E-state index in [1.165, 1.54) is 13.8 Å². The monoisotopic (exact) mass is 1180 g/mol. The summed E-state index contributed by atoms with van der Waals surface area (Å²) in [4.78, 5) is 76.7. The number of rotatable bonds is 28. The summed E-state index contributed by atoms with van der Waals surface area (Å²) < 4.78 is 72.2. The van der Waals surface area contributed by atoms with Crippen molar-refractivity contribution >= 4 is 62.4 Å². The lowest BCUT2D eigenvalue weighted by molar-refractivity contribution is -0.158. The first-order valence-corrected chi connectivity index (χ1v) is 30.1. The van der Waals surface area contributed by atoms with Crippen molar-refractivity contribution in [3.8, 4) is 11.5 Å². The molecular weight excluding hydrogens is 1100 g/mol. The molecule has 4 aromatic rings. The van der Waals surface area contributed by atoms with Crippen molar-refractivity contribution in [1.29, 1.82) is 0 Å². The zero-order valence-electron chi connectivity index (χ0n) is 49.9. The number of benzene rings is 4. The summed E-state index contributed by atoms with van der Waals surface area (Å²) in [5.74, 6) is -3.82. The maximum Gasteiger partial charge on any atom is 0.345 e. The Morgan fingerprint density at radius 2 is 0.732 bits per heavy atom. The second-order valence-electron chi connectivity index (χ2n) is 22.0. The molecule has 0 spiro atoms. The zero-order chi connectivity index (χ0) is 61.6. The highest BCUT2D eigenvalue weighted by atomic mass is 31.2. The van der Waals surface area contributed by atoms with E-state index in [9.17, 15) is 37.9 Å². The standard InChI is InChI=1S/C32H48N3O8P.C26H36N3O8P/c1-21(2)26(29(37)42-31(5,6)7)34-44(39,35-27(22(3)4)30(38)43-32(8,9)10)41-20-40-25-19-15-14-18-24(25)28(36)33-23-16-12-11-13-17-23;1-17(2)36-25(31)19(5)28-38(33,29-20(6)26(32)37-18(3)4)35-16-34-23-15-11-10-14-22(23)24(30)27-21-12-8-7-9-13-21/h11-19,21-22,26-27H,20H2,1-10H3,(H,33,36)(H2,34,35,39);7-15,17-20H,16H2,1-6H3,(H,27,30)(H2,28,29,33)/t26-,27-;19-,20-/m00/s1. The molecule has 0 unspecified atom stereocenters. The van der Waals surface area contributed by atoms with Gasteiger partial charge in [0, 0.05) is 11.4 Å². The molecule has 0 aromatic heterocycles. The number of amides is 2. The van der Waals surface area contributed by atoms with Crippen LogP contribution in [0.4, 0.5) is 11.4 Å². The smallest absolute Gasteiger partial charge is 0.345 e.